The van der Waals surface area contributed by atoms with Gasteiger partial charge in [0.15, 0.2) is 0 Å². The van der Waals surface area contributed by atoms with Crippen molar-refractivity contribution in [1.82, 2.24) is 5.32 Å². The summed E-state index contributed by atoms with van der Waals surface area (Å²) in [6, 6.07) is 0. The zero-order valence-electron chi connectivity index (χ0n) is 17.6. The summed E-state index contributed by atoms with van der Waals surface area (Å²) >= 11 is 0. The van der Waals surface area contributed by atoms with Crippen molar-refractivity contribution >= 4 is 16.3 Å². The number of carbonyl (C=O) groups excluding carboxylic acids is 1. The third-order valence-electron chi connectivity index (χ3n) is 4.54. The number of carbonyl (C=O) groups is 1. The summed E-state index contributed by atoms with van der Waals surface area (Å²) in [6.07, 6.45) is 17.2. The predicted octanol–water partition coefficient (Wildman–Crippen LogP) is 4.42. The first-order valence-electron chi connectivity index (χ1n) is 10.9. The van der Waals surface area contributed by atoms with Crippen molar-refractivity contribution in [2.75, 3.05) is 26.4 Å². The Kier molecular flexibility index (Phi) is 19.1. The van der Waals surface area contributed by atoms with E-state index in [0.29, 0.717) is 13.0 Å². The minimum absolute atomic E-state index is 0.0147. The molecular formula is C20H41NO6S. The van der Waals surface area contributed by atoms with Crippen molar-refractivity contribution in [3.05, 3.63) is 0 Å². The SMILES string of the molecule is CCCCCCCCCCCCCCCC(=O)NCCOCCOS(=O)(=O)O. The van der Waals surface area contributed by atoms with E-state index in [4.69, 9.17) is 9.29 Å². The number of unbranched alkanes of at least 4 members (excludes halogenated alkanes) is 12. The average molecular weight is 424 g/mol. The monoisotopic (exact) mass is 423 g/mol. The van der Waals surface area contributed by atoms with Crippen LogP contribution in [0.15, 0.2) is 0 Å². The molecule has 0 fully saturated rings. The van der Waals surface area contributed by atoms with Gasteiger partial charge in [0.1, 0.15) is 0 Å². The largest absolute Gasteiger partial charge is 0.397 e. The van der Waals surface area contributed by atoms with Crippen molar-refractivity contribution in [3.8, 4) is 0 Å². The first-order chi connectivity index (χ1) is 13.5. The average Bonchev–Trinajstić information content (AvgIpc) is 2.64. The highest BCUT2D eigenvalue weighted by Gasteiger charge is 2.03. The second-order valence-corrected chi connectivity index (χ2v) is 8.30. The molecule has 0 heterocycles. The normalized spacial score (nSPS) is 11.6. The Hall–Kier alpha value is -0.700. The van der Waals surface area contributed by atoms with E-state index in [-0.39, 0.29) is 25.7 Å². The fraction of sp³-hybridized carbons (Fsp3) is 0.950. The molecule has 0 aliphatic rings. The van der Waals surface area contributed by atoms with Crippen molar-refractivity contribution in [1.29, 1.82) is 0 Å². The number of nitrogens with one attached hydrogen (secondary N) is 1. The maximum absolute atomic E-state index is 11.7. The Balaban J connectivity index is 3.21. The first kappa shape index (κ1) is 27.3. The molecule has 1 amide bonds. The van der Waals surface area contributed by atoms with Crippen LogP contribution in [0.3, 0.4) is 0 Å². The summed E-state index contributed by atoms with van der Waals surface area (Å²) in [5, 5.41) is 2.76. The molecule has 0 saturated carbocycles. The van der Waals surface area contributed by atoms with E-state index < -0.39 is 10.4 Å². The Morgan fingerprint density at radius 3 is 1.79 bits per heavy atom. The van der Waals surface area contributed by atoms with Gasteiger partial charge in [-0.25, -0.2) is 4.18 Å². The zero-order chi connectivity index (χ0) is 20.9. The van der Waals surface area contributed by atoms with E-state index in [1.54, 1.807) is 0 Å². The van der Waals surface area contributed by atoms with E-state index in [1.807, 2.05) is 0 Å². The molecule has 0 spiro atoms. The second-order valence-electron chi connectivity index (χ2n) is 7.20. The molecule has 0 aromatic carbocycles. The first-order valence-corrected chi connectivity index (χ1v) is 12.3. The lowest BCUT2D eigenvalue weighted by Crippen LogP contribution is -2.27. The van der Waals surface area contributed by atoms with Crippen LogP contribution in [0.25, 0.3) is 0 Å². The minimum atomic E-state index is -4.41. The van der Waals surface area contributed by atoms with E-state index >= 15 is 0 Å². The van der Waals surface area contributed by atoms with Crippen LogP contribution >= 0.6 is 0 Å². The van der Waals surface area contributed by atoms with Gasteiger partial charge >= 0.3 is 10.4 Å². The van der Waals surface area contributed by atoms with Crippen molar-refractivity contribution in [3.63, 3.8) is 0 Å². The molecule has 0 atom stereocenters. The molecule has 0 aliphatic heterocycles. The second kappa shape index (κ2) is 19.6. The predicted molar refractivity (Wildman–Crippen MR) is 112 cm³/mol. The molecule has 28 heavy (non-hydrogen) atoms. The molecular weight excluding hydrogens is 382 g/mol. The summed E-state index contributed by atoms with van der Waals surface area (Å²) in [6.45, 7) is 2.70. The number of rotatable bonds is 21. The van der Waals surface area contributed by atoms with Crippen LogP contribution in [0.5, 0.6) is 0 Å². The van der Waals surface area contributed by atoms with Crippen molar-refractivity contribution in [2.45, 2.75) is 96.8 Å². The van der Waals surface area contributed by atoms with E-state index in [1.165, 1.54) is 70.6 Å². The minimum Gasteiger partial charge on any atom is -0.377 e. The lowest BCUT2D eigenvalue weighted by Gasteiger charge is -2.06. The van der Waals surface area contributed by atoms with Crippen LogP contribution < -0.4 is 5.32 Å². The molecule has 0 bridgehead atoms. The highest BCUT2D eigenvalue weighted by atomic mass is 32.3. The van der Waals surface area contributed by atoms with Crippen LogP contribution in [0, 0.1) is 0 Å². The number of ether oxygens (including phenoxy) is 1. The summed E-state index contributed by atoms with van der Waals surface area (Å²) < 4.78 is 38.1. The maximum atomic E-state index is 11.7. The van der Waals surface area contributed by atoms with Gasteiger partial charge in [0.25, 0.3) is 0 Å². The summed E-state index contributed by atoms with van der Waals surface area (Å²) in [5.74, 6) is 0.0147. The van der Waals surface area contributed by atoms with Crippen LogP contribution in [-0.2, 0) is 24.1 Å². The van der Waals surface area contributed by atoms with Crippen molar-refractivity contribution in [2.24, 2.45) is 0 Å². The fourth-order valence-corrected chi connectivity index (χ4v) is 3.23. The van der Waals surface area contributed by atoms with Gasteiger partial charge in [-0.1, -0.05) is 84.0 Å². The molecule has 168 valence electrons. The van der Waals surface area contributed by atoms with Crippen LogP contribution in [0.1, 0.15) is 96.8 Å². The summed E-state index contributed by atoms with van der Waals surface area (Å²) in [5.41, 5.74) is 0. The molecule has 0 unspecified atom stereocenters. The third kappa shape index (κ3) is 23.3. The number of hydrogen-bond acceptors (Lipinski definition) is 5. The van der Waals surface area contributed by atoms with Gasteiger partial charge in [0, 0.05) is 13.0 Å². The molecule has 0 aromatic heterocycles. The molecule has 8 heteroatoms. The Morgan fingerprint density at radius 2 is 1.29 bits per heavy atom. The van der Waals surface area contributed by atoms with E-state index in [2.05, 4.69) is 16.4 Å². The van der Waals surface area contributed by atoms with E-state index in [0.717, 1.165) is 12.8 Å². The number of amides is 1. The highest BCUT2D eigenvalue weighted by Crippen LogP contribution is 2.12. The molecule has 0 aliphatic carbocycles. The standard InChI is InChI=1S/C20H41NO6S/c1-2-3-4-5-6-7-8-9-10-11-12-13-14-15-20(22)21-16-17-26-18-19-27-28(23,24)25/h2-19H2,1H3,(H,21,22)(H,23,24,25). The topological polar surface area (TPSA) is 102 Å². The molecule has 0 radical (unpaired) electrons. The van der Waals surface area contributed by atoms with Crippen LogP contribution in [0.2, 0.25) is 0 Å². The Bertz CT molecular complexity index is 456. The number of hydrogen-bond donors (Lipinski definition) is 2. The smallest absolute Gasteiger partial charge is 0.377 e. The third-order valence-corrected chi connectivity index (χ3v) is 5.00. The van der Waals surface area contributed by atoms with Gasteiger partial charge < -0.3 is 10.1 Å². The summed E-state index contributed by atoms with van der Waals surface area (Å²) in [4.78, 5) is 11.7. The molecule has 7 nitrogen and oxygen atoms in total. The summed E-state index contributed by atoms with van der Waals surface area (Å²) in [7, 11) is -4.41. The van der Waals surface area contributed by atoms with E-state index in [9.17, 15) is 13.2 Å². The molecule has 0 rings (SSSR count). The quantitative estimate of drug-likeness (QED) is 0.209. The van der Waals surface area contributed by atoms with Gasteiger partial charge in [-0.05, 0) is 6.42 Å². The fourth-order valence-electron chi connectivity index (χ4n) is 2.95. The molecule has 2 N–H and O–H groups in total. The van der Waals surface area contributed by atoms with Crippen LogP contribution in [0.4, 0.5) is 0 Å². The maximum Gasteiger partial charge on any atom is 0.397 e. The Morgan fingerprint density at radius 1 is 0.786 bits per heavy atom. The zero-order valence-corrected chi connectivity index (χ0v) is 18.4. The van der Waals surface area contributed by atoms with Crippen molar-refractivity contribution < 1.29 is 26.7 Å². The lowest BCUT2D eigenvalue weighted by atomic mass is 10.0. The highest BCUT2D eigenvalue weighted by molar-refractivity contribution is 7.80. The molecule has 0 saturated heterocycles. The van der Waals surface area contributed by atoms with Crippen LogP contribution in [-0.4, -0.2) is 45.2 Å². The molecule has 0 aromatic rings. The van der Waals surface area contributed by atoms with Gasteiger partial charge in [-0.3, -0.25) is 9.35 Å². The Labute approximate surface area is 171 Å². The van der Waals surface area contributed by atoms with Gasteiger partial charge in [-0.15, -0.1) is 0 Å². The van der Waals surface area contributed by atoms with Gasteiger partial charge in [0.2, 0.25) is 5.91 Å². The van der Waals surface area contributed by atoms with Gasteiger partial charge in [-0.2, -0.15) is 8.42 Å². The van der Waals surface area contributed by atoms with Gasteiger partial charge in [0.05, 0.1) is 19.8 Å². The lowest BCUT2D eigenvalue weighted by molar-refractivity contribution is -0.121.